The topological polar surface area (TPSA) is 66.7 Å². The Morgan fingerprint density at radius 2 is 2.67 bits per heavy atom. The monoisotopic (exact) mass is 126 g/mol. The van der Waals surface area contributed by atoms with Crippen molar-refractivity contribution >= 4 is 5.82 Å². The van der Waals surface area contributed by atoms with Gasteiger partial charge in [0.1, 0.15) is 5.82 Å². The number of anilines is 1. The van der Waals surface area contributed by atoms with Gasteiger partial charge in [-0.3, -0.25) is 5.10 Å². The molecule has 1 heterocycles. The highest BCUT2D eigenvalue weighted by molar-refractivity contribution is 5.41. The Morgan fingerprint density at radius 1 is 1.89 bits per heavy atom. The summed E-state index contributed by atoms with van der Waals surface area (Å²) in [6.45, 7) is 0.521. The van der Waals surface area contributed by atoms with Crippen LogP contribution in [0.1, 0.15) is 5.56 Å². The molecule has 0 aliphatic carbocycles. The summed E-state index contributed by atoms with van der Waals surface area (Å²) in [5.74, 6) is 0.900. The summed E-state index contributed by atoms with van der Waals surface area (Å²) >= 11 is 0. The maximum Gasteiger partial charge on any atom is 0.125 e. The van der Waals surface area contributed by atoms with E-state index in [1.165, 1.54) is 0 Å². The van der Waals surface area contributed by atoms with Gasteiger partial charge in [-0.15, -0.1) is 0 Å². The number of nitrogens with zero attached hydrogens (tertiary/aromatic N) is 1. The molecule has 4 N–H and O–H groups in total. The number of H-pyrrole nitrogens is 1. The van der Waals surface area contributed by atoms with E-state index >= 15 is 0 Å². The summed E-state index contributed by atoms with van der Waals surface area (Å²) < 4.78 is 0. The highest BCUT2D eigenvalue weighted by Gasteiger charge is 1.97. The van der Waals surface area contributed by atoms with Crippen LogP contribution in [0.2, 0.25) is 0 Å². The number of nitrogens with two attached hydrogens (primary N) is 1. The minimum Gasteiger partial charge on any atom is -0.373 e. The first-order chi connectivity index (χ1) is 4.38. The lowest BCUT2D eigenvalue weighted by molar-refractivity contribution is 1.07. The van der Waals surface area contributed by atoms with Crippen LogP contribution in [-0.2, 0) is 6.54 Å². The van der Waals surface area contributed by atoms with E-state index in [1.54, 1.807) is 6.20 Å². The molecule has 1 rings (SSSR count). The third kappa shape index (κ3) is 1.02. The van der Waals surface area contributed by atoms with E-state index in [0.717, 1.165) is 11.4 Å². The number of aromatic nitrogens is 2. The zero-order valence-electron chi connectivity index (χ0n) is 5.31. The SMILES string of the molecule is CNc1[nH]ncc1CN. The lowest BCUT2D eigenvalue weighted by atomic mass is 10.3. The summed E-state index contributed by atoms with van der Waals surface area (Å²) in [7, 11) is 1.83. The second-order valence-electron chi connectivity index (χ2n) is 1.72. The summed E-state index contributed by atoms with van der Waals surface area (Å²) in [5.41, 5.74) is 6.38. The van der Waals surface area contributed by atoms with Gasteiger partial charge in [0.2, 0.25) is 0 Å². The van der Waals surface area contributed by atoms with Crippen LogP contribution in [0.3, 0.4) is 0 Å². The minimum absolute atomic E-state index is 0.521. The van der Waals surface area contributed by atoms with Crippen molar-refractivity contribution in [3.05, 3.63) is 11.8 Å². The molecule has 0 bridgehead atoms. The van der Waals surface area contributed by atoms with Crippen LogP contribution in [-0.4, -0.2) is 17.2 Å². The Bertz CT molecular complexity index is 162. The molecule has 0 saturated heterocycles. The van der Waals surface area contributed by atoms with Crippen LogP contribution in [0, 0.1) is 0 Å². The van der Waals surface area contributed by atoms with Crippen molar-refractivity contribution in [1.82, 2.24) is 10.2 Å². The second-order valence-corrected chi connectivity index (χ2v) is 1.72. The van der Waals surface area contributed by atoms with E-state index in [9.17, 15) is 0 Å². The largest absolute Gasteiger partial charge is 0.373 e. The molecule has 0 amide bonds. The second kappa shape index (κ2) is 2.50. The molecule has 0 aliphatic rings. The Hall–Kier alpha value is -1.03. The molecule has 0 atom stereocenters. The van der Waals surface area contributed by atoms with E-state index in [1.807, 2.05) is 7.05 Å². The molecule has 1 aromatic heterocycles. The predicted molar refractivity (Wildman–Crippen MR) is 36.0 cm³/mol. The Kier molecular flexibility index (Phi) is 1.69. The van der Waals surface area contributed by atoms with Crippen molar-refractivity contribution in [2.75, 3.05) is 12.4 Å². The maximum atomic E-state index is 5.37. The van der Waals surface area contributed by atoms with Crippen LogP contribution in [0.25, 0.3) is 0 Å². The first-order valence-electron chi connectivity index (χ1n) is 2.78. The van der Waals surface area contributed by atoms with Gasteiger partial charge in [0.05, 0.1) is 6.20 Å². The normalized spacial score (nSPS) is 9.56. The van der Waals surface area contributed by atoms with E-state index < -0.39 is 0 Å². The molecule has 50 valence electrons. The Balaban J connectivity index is 2.85. The van der Waals surface area contributed by atoms with Gasteiger partial charge in [-0.05, 0) is 0 Å². The smallest absolute Gasteiger partial charge is 0.125 e. The lowest BCUT2D eigenvalue weighted by Crippen LogP contribution is -1.99. The summed E-state index contributed by atoms with van der Waals surface area (Å²) in [4.78, 5) is 0. The molecule has 0 saturated carbocycles. The van der Waals surface area contributed by atoms with Gasteiger partial charge in [0.15, 0.2) is 0 Å². The minimum atomic E-state index is 0.521. The number of rotatable bonds is 2. The zero-order valence-corrected chi connectivity index (χ0v) is 5.31. The van der Waals surface area contributed by atoms with E-state index in [-0.39, 0.29) is 0 Å². The summed E-state index contributed by atoms with van der Waals surface area (Å²) in [5, 5.41) is 9.49. The molecule has 0 aliphatic heterocycles. The average molecular weight is 126 g/mol. The molecular formula is C5H10N4. The van der Waals surface area contributed by atoms with Gasteiger partial charge in [-0.2, -0.15) is 5.10 Å². The molecule has 0 spiro atoms. The van der Waals surface area contributed by atoms with Crippen molar-refractivity contribution in [2.24, 2.45) is 5.73 Å². The molecule has 9 heavy (non-hydrogen) atoms. The van der Waals surface area contributed by atoms with Crippen molar-refractivity contribution in [1.29, 1.82) is 0 Å². The predicted octanol–water partition coefficient (Wildman–Crippen LogP) is -0.0899. The maximum absolute atomic E-state index is 5.37. The van der Waals surface area contributed by atoms with Crippen molar-refractivity contribution < 1.29 is 0 Å². The number of aromatic amines is 1. The quantitative estimate of drug-likeness (QED) is 0.518. The fourth-order valence-electron chi connectivity index (χ4n) is 0.682. The lowest BCUT2D eigenvalue weighted by Gasteiger charge is -1.95. The van der Waals surface area contributed by atoms with Crippen molar-refractivity contribution in [3.63, 3.8) is 0 Å². The molecule has 4 heteroatoms. The summed E-state index contributed by atoms with van der Waals surface area (Å²) in [6.07, 6.45) is 1.71. The van der Waals surface area contributed by atoms with Crippen LogP contribution < -0.4 is 11.1 Å². The molecule has 0 radical (unpaired) electrons. The van der Waals surface area contributed by atoms with Crippen LogP contribution in [0.5, 0.6) is 0 Å². The first-order valence-corrected chi connectivity index (χ1v) is 2.78. The van der Waals surface area contributed by atoms with Gasteiger partial charge >= 0.3 is 0 Å². The number of hydrogen-bond acceptors (Lipinski definition) is 3. The Morgan fingerprint density at radius 3 is 3.11 bits per heavy atom. The van der Waals surface area contributed by atoms with E-state index in [2.05, 4.69) is 15.5 Å². The zero-order chi connectivity index (χ0) is 6.69. The van der Waals surface area contributed by atoms with Crippen molar-refractivity contribution in [2.45, 2.75) is 6.54 Å². The van der Waals surface area contributed by atoms with Gasteiger partial charge in [0, 0.05) is 19.2 Å². The van der Waals surface area contributed by atoms with E-state index in [4.69, 9.17) is 5.73 Å². The molecule has 4 nitrogen and oxygen atoms in total. The van der Waals surface area contributed by atoms with Crippen LogP contribution in [0.15, 0.2) is 6.20 Å². The van der Waals surface area contributed by atoms with Gasteiger partial charge in [-0.1, -0.05) is 0 Å². The highest BCUT2D eigenvalue weighted by Crippen LogP contribution is 2.06. The van der Waals surface area contributed by atoms with Gasteiger partial charge < -0.3 is 11.1 Å². The number of hydrogen-bond donors (Lipinski definition) is 3. The molecule has 0 unspecified atom stereocenters. The molecule has 0 aromatic carbocycles. The van der Waals surface area contributed by atoms with Gasteiger partial charge in [0.25, 0.3) is 0 Å². The highest BCUT2D eigenvalue weighted by atomic mass is 15.2. The fraction of sp³-hybridized carbons (Fsp3) is 0.400. The molecular weight excluding hydrogens is 116 g/mol. The van der Waals surface area contributed by atoms with Crippen molar-refractivity contribution in [3.8, 4) is 0 Å². The van der Waals surface area contributed by atoms with Crippen LogP contribution >= 0.6 is 0 Å². The van der Waals surface area contributed by atoms with Gasteiger partial charge in [-0.25, -0.2) is 0 Å². The average Bonchev–Trinajstić information content (AvgIpc) is 2.33. The summed E-state index contributed by atoms with van der Waals surface area (Å²) in [6, 6.07) is 0. The number of nitrogens with one attached hydrogen (secondary N) is 2. The molecule has 0 fully saturated rings. The Labute approximate surface area is 53.4 Å². The van der Waals surface area contributed by atoms with E-state index in [0.29, 0.717) is 6.54 Å². The van der Waals surface area contributed by atoms with Crippen LogP contribution in [0.4, 0.5) is 5.82 Å². The third-order valence-electron chi connectivity index (χ3n) is 1.19. The third-order valence-corrected chi connectivity index (χ3v) is 1.19. The fourth-order valence-corrected chi connectivity index (χ4v) is 0.682. The first kappa shape index (κ1) is 6.10. The standard InChI is InChI=1S/C5H10N4/c1-7-5-4(2-6)3-8-9-5/h3H,2,6H2,1H3,(H2,7,8,9). The molecule has 1 aromatic rings.